The first-order valence-electron chi connectivity index (χ1n) is 7.02. The molecule has 0 aliphatic rings. The van der Waals surface area contributed by atoms with Crippen molar-refractivity contribution in [3.05, 3.63) is 35.4 Å². The van der Waals surface area contributed by atoms with E-state index < -0.39 is 0 Å². The summed E-state index contributed by atoms with van der Waals surface area (Å²) < 4.78 is 0. The fourth-order valence-corrected chi connectivity index (χ4v) is 1.82. The highest BCUT2D eigenvalue weighted by molar-refractivity contribution is 5.95. The molecule has 0 bridgehead atoms. The lowest BCUT2D eigenvalue weighted by molar-refractivity contribution is 0.0952. The maximum atomic E-state index is 12.2. The molecular weight excluding hydrogens is 268 g/mol. The maximum absolute atomic E-state index is 12.2. The molecule has 1 aromatic carbocycles. The molecule has 0 unspecified atom stereocenters. The molecule has 0 radical (unpaired) electrons. The van der Waals surface area contributed by atoms with Crippen LogP contribution in [0.15, 0.2) is 24.3 Å². The van der Waals surface area contributed by atoms with Gasteiger partial charge in [-0.2, -0.15) is 0 Å². The number of benzene rings is 1. The number of carbonyl (C=O) groups excluding carboxylic acids is 2. The Morgan fingerprint density at radius 3 is 2.38 bits per heavy atom. The number of likely N-dealkylation sites (N-methyl/N-ethyl adjacent to an activating group) is 1. The number of nitrogens with one attached hydrogen (secondary N) is 3. The van der Waals surface area contributed by atoms with E-state index in [1.165, 1.54) is 4.90 Å². The lowest BCUT2D eigenvalue weighted by Gasteiger charge is -2.13. The van der Waals surface area contributed by atoms with Gasteiger partial charge in [-0.15, -0.1) is 0 Å². The summed E-state index contributed by atoms with van der Waals surface area (Å²) in [5, 5.41) is 8.59. The third kappa shape index (κ3) is 5.83. The summed E-state index contributed by atoms with van der Waals surface area (Å²) in [5.74, 6) is -0.110. The summed E-state index contributed by atoms with van der Waals surface area (Å²) in [4.78, 5) is 24.9. The Morgan fingerprint density at radius 2 is 1.71 bits per heavy atom. The third-order valence-corrected chi connectivity index (χ3v) is 3.00. The Morgan fingerprint density at radius 1 is 1.05 bits per heavy atom. The highest BCUT2D eigenvalue weighted by Gasteiger charge is 2.10. The van der Waals surface area contributed by atoms with Gasteiger partial charge in [0.25, 0.3) is 5.91 Å². The van der Waals surface area contributed by atoms with E-state index in [0.717, 1.165) is 18.5 Å². The molecule has 0 aliphatic heterocycles. The fraction of sp³-hybridized carbons (Fsp3) is 0.467. The van der Waals surface area contributed by atoms with Crippen molar-refractivity contribution in [3.8, 4) is 0 Å². The second-order valence-corrected chi connectivity index (χ2v) is 4.89. The topological polar surface area (TPSA) is 73.5 Å². The number of carbonyl (C=O) groups is 2. The van der Waals surface area contributed by atoms with Crippen molar-refractivity contribution in [1.82, 2.24) is 20.9 Å². The first-order valence-corrected chi connectivity index (χ1v) is 7.02. The van der Waals surface area contributed by atoms with Crippen molar-refractivity contribution < 1.29 is 9.59 Å². The highest BCUT2D eigenvalue weighted by atomic mass is 16.2. The zero-order valence-corrected chi connectivity index (χ0v) is 12.9. The van der Waals surface area contributed by atoms with Gasteiger partial charge in [-0.05, 0) is 31.6 Å². The van der Waals surface area contributed by atoms with Crippen molar-refractivity contribution >= 4 is 11.9 Å². The molecule has 3 N–H and O–H groups in total. The Labute approximate surface area is 125 Å². The zero-order chi connectivity index (χ0) is 15.7. The van der Waals surface area contributed by atoms with Crippen LogP contribution in [-0.2, 0) is 6.42 Å². The van der Waals surface area contributed by atoms with Gasteiger partial charge in [0.2, 0.25) is 0 Å². The van der Waals surface area contributed by atoms with Gasteiger partial charge in [-0.3, -0.25) is 4.79 Å². The van der Waals surface area contributed by atoms with Gasteiger partial charge in [0.15, 0.2) is 0 Å². The van der Waals surface area contributed by atoms with Crippen LogP contribution in [0.3, 0.4) is 0 Å². The van der Waals surface area contributed by atoms with Gasteiger partial charge in [0, 0.05) is 32.7 Å². The van der Waals surface area contributed by atoms with Crippen LogP contribution in [0, 0.1) is 0 Å². The summed E-state index contributed by atoms with van der Waals surface area (Å²) in [5.41, 5.74) is 1.70. The molecule has 116 valence electrons. The standard InChI is InChI=1S/C15H24N4O2/c1-16-9-8-12-6-4-5-7-13(12)14(20)17-10-11-18-15(21)19(2)3/h4-7,16H,8-11H2,1-3H3,(H,17,20)(H,18,21). The van der Waals surface area contributed by atoms with E-state index >= 15 is 0 Å². The van der Waals surface area contributed by atoms with Crippen molar-refractivity contribution in [3.63, 3.8) is 0 Å². The Bertz CT molecular complexity index is 474. The largest absolute Gasteiger partial charge is 0.350 e. The zero-order valence-electron chi connectivity index (χ0n) is 12.9. The van der Waals surface area contributed by atoms with E-state index in [1.807, 2.05) is 31.3 Å². The van der Waals surface area contributed by atoms with E-state index in [4.69, 9.17) is 0 Å². The SMILES string of the molecule is CNCCc1ccccc1C(=O)NCCNC(=O)N(C)C. The third-order valence-electron chi connectivity index (χ3n) is 3.00. The molecule has 0 aromatic heterocycles. The van der Waals surface area contributed by atoms with Crippen molar-refractivity contribution in [2.75, 3.05) is 40.8 Å². The second-order valence-electron chi connectivity index (χ2n) is 4.89. The Kier molecular flexibility index (Phi) is 7.25. The maximum Gasteiger partial charge on any atom is 0.316 e. The molecule has 21 heavy (non-hydrogen) atoms. The highest BCUT2D eigenvalue weighted by Crippen LogP contribution is 2.09. The van der Waals surface area contributed by atoms with Crippen LogP contribution in [0.5, 0.6) is 0 Å². The van der Waals surface area contributed by atoms with E-state index in [2.05, 4.69) is 16.0 Å². The van der Waals surface area contributed by atoms with Crippen LogP contribution in [0.1, 0.15) is 15.9 Å². The first kappa shape index (κ1) is 17.0. The lowest BCUT2D eigenvalue weighted by Crippen LogP contribution is -2.39. The quantitative estimate of drug-likeness (QED) is 0.639. The number of nitrogens with zero attached hydrogens (tertiary/aromatic N) is 1. The minimum Gasteiger partial charge on any atom is -0.350 e. The van der Waals surface area contributed by atoms with E-state index in [9.17, 15) is 9.59 Å². The van der Waals surface area contributed by atoms with Gasteiger partial charge >= 0.3 is 6.03 Å². The summed E-state index contributed by atoms with van der Waals surface area (Å²) >= 11 is 0. The average molecular weight is 292 g/mol. The molecule has 0 saturated heterocycles. The van der Waals surface area contributed by atoms with Crippen LogP contribution in [-0.4, -0.2) is 57.6 Å². The van der Waals surface area contributed by atoms with Crippen LogP contribution < -0.4 is 16.0 Å². The molecule has 6 nitrogen and oxygen atoms in total. The van der Waals surface area contributed by atoms with Crippen LogP contribution in [0.4, 0.5) is 4.79 Å². The van der Waals surface area contributed by atoms with Crippen molar-refractivity contribution in [2.24, 2.45) is 0 Å². The predicted molar refractivity (Wildman–Crippen MR) is 83.5 cm³/mol. The molecule has 0 saturated carbocycles. The smallest absolute Gasteiger partial charge is 0.316 e. The monoisotopic (exact) mass is 292 g/mol. The Hall–Kier alpha value is -2.08. The first-order chi connectivity index (χ1) is 10.1. The number of amides is 3. The molecule has 1 aromatic rings. The Balaban J connectivity index is 2.46. The van der Waals surface area contributed by atoms with Crippen molar-refractivity contribution in [2.45, 2.75) is 6.42 Å². The summed E-state index contributed by atoms with van der Waals surface area (Å²) in [6.45, 7) is 1.63. The summed E-state index contributed by atoms with van der Waals surface area (Å²) in [7, 11) is 5.23. The van der Waals surface area contributed by atoms with E-state index in [1.54, 1.807) is 14.1 Å². The van der Waals surface area contributed by atoms with Gasteiger partial charge in [-0.1, -0.05) is 18.2 Å². The molecule has 0 atom stereocenters. The second kappa shape index (κ2) is 8.97. The predicted octanol–water partition coefficient (Wildman–Crippen LogP) is 0.450. The number of hydrogen-bond donors (Lipinski definition) is 3. The van der Waals surface area contributed by atoms with E-state index in [0.29, 0.717) is 18.7 Å². The molecule has 0 aliphatic carbocycles. The molecule has 3 amide bonds. The minimum atomic E-state index is -0.168. The minimum absolute atomic E-state index is 0.110. The molecule has 0 spiro atoms. The fourth-order valence-electron chi connectivity index (χ4n) is 1.82. The van der Waals surface area contributed by atoms with E-state index in [-0.39, 0.29) is 11.9 Å². The molecule has 6 heteroatoms. The number of rotatable bonds is 7. The molecule has 0 heterocycles. The van der Waals surface area contributed by atoms with Gasteiger partial charge in [0.05, 0.1) is 0 Å². The summed E-state index contributed by atoms with van der Waals surface area (Å²) in [6, 6.07) is 7.39. The average Bonchev–Trinajstić information content (AvgIpc) is 2.49. The van der Waals surface area contributed by atoms with Crippen molar-refractivity contribution in [1.29, 1.82) is 0 Å². The summed E-state index contributed by atoms with van der Waals surface area (Å²) in [6.07, 6.45) is 0.803. The van der Waals surface area contributed by atoms with Gasteiger partial charge < -0.3 is 20.9 Å². The van der Waals surface area contributed by atoms with Crippen LogP contribution >= 0.6 is 0 Å². The molecule has 0 fully saturated rings. The van der Waals surface area contributed by atoms with Crippen LogP contribution in [0.25, 0.3) is 0 Å². The molecular formula is C15H24N4O2. The lowest BCUT2D eigenvalue weighted by atomic mass is 10.0. The van der Waals surface area contributed by atoms with Gasteiger partial charge in [-0.25, -0.2) is 4.79 Å². The molecule has 1 rings (SSSR count). The van der Waals surface area contributed by atoms with Crippen LogP contribution in [0.2, 0.25) is 0 Å². The van der Waals surface area contributed by atoms with Gasteiger partial charge in [0.1, 0.15) is 0 Å². The number of urea groups is 1. The number of hydrogen-bond acceptors (Lipinski definition) is 3. The normalized spacial score (nSPS) is 10.0.